The van der Waals surface area contributed by atoms with Crippen molar-refractivity contribution in [2.75, 3.05) is 13.1 Å². The normalized spacial score (nSPS) is 12.0. The summed E-state index contributed by atoms with van der Waals surface area (Å²) in [5, 5.41) is 4.70. The molecular weight excluding hydrogens is 232 g/mol. The number of para-hydroxylation sites is 1. The molecule has 2 aromatic rings. The molecule has 0 bridgehead atoms. The predicted octanol–water partition coefficient (Wildman–Crippen LogP) is 4.03. The fraction of sp³-hybridized carbons (Fsp3) is 0.353. The van der Waals surface area contributed by atoms with Crippen molar-refractivity contribution in [3.63, 3.8) is 0 Å². The molecule has 0 spiro atoms. The Morgan fingerprint density at radius 1 is 1.21 bits per heavy atom. The maximum absolute atomic E-state index is 4.41. The van der Waals surface area contributed by atoms with Gasteiger partial charge in [-0.1, -0.05) is 43.7 Å². The molecule has 2 heteroatoms. The lowest BCUT2D eigenvalue weighted by Gasteiger charge is -2.08. The Morgan fingerprint density at radius 3 is 2.84 bits per heavy atom. The van der Waals surface area contributed by atoms with Gasteiger partial charge in [-0.2, -0.15) is 0 Å². The second-order valence-electron chi connectivity index (χ2n) is 4.75. The monoisotopic (exact) mass is 254 g/mol. The summed E-state index contributed by atoms with van der Waals surface area (Å²) in [4.78, 5) is 4.41. The van der Waals surface area contributed by atoms with Gasteiger partial charge in [0, 0.05) is 18.1 Å². The fourth-order valence-corrected chi connectivity index (χ4v) is 2.17. The topological polar surface area (TPSA) is 24.9 Å². The molecule has 0 amide bonds. The first-order valence-corrected chi connectivity index (χ1v) is 7.09. The molecule has 0 saturated heterocycles. The van der Waals surface area contributed by atoms with Crippen molar-refractivity contribution >= 4 is 17.0 Å². The van der Waals surface area contributed by atoms with E-state index in [1.54, 1.807) is 0 Å². The fourth-order valence-electron chi connectivity index (χ4n) is 2.17. The van der Waals surface area contributed by atoms with Crippen LogP contribution in [0.15, 0.2) is 42.1 Å². The van der Waals surface area contributed by atoms with Gasteiger partial charge in [-0.25, -0.2) is 0 Å². The van der Waals surface area contributed by atoms with Crippen LogP contribution in [0.4, 0.5) is 0 Å². The second-order valence-corrected chi connectivity index (χ2v) is 4.75. The highest BCUT2D eigenvalue weighted by atomic mass is 14.8. The van der Waals surface area contributed by atoms with E-state index in [1.165, 1.54) is 22.9 Å². The lowest BCUT2D eigenvalue weighted by molar-refractivity contribution is 0.706. The second kappa shape index (κ2) is 7.05. The first kappa shape index (κ1) is 13.8. The maximum atomic E-state index is 4.41. The SMILES string of the molecule is CCCNCC(=Cc1ccnc2ccccc12)CC. The molecule has 1 aromatic carbocycles. The molecule has 1 N–H and O–H groups in total. The Morgan fingerprint density at radius 2 is 2.05 bits per heavy atom. The van der Waals surface area contributed by atoms with Crippen LogP contribution in [0.1, 0.15) is 32.3 Å². The number of pyridine rings is 1. The van der Waals surface area contributed by atoms with Gasteiger partial charge in [-0.15, -0.1) is 0 Å². The summed E-state index contributed by atoms with van der Waals surface area (Å²) in [7, 11) is 0. The lowest BCUT2D eigenvalue weighted by Crippen LogP contribution is -2.17. The highest BCUT2D eigenvalue weighted by Crippen LogP contribution is 2.19. The average molecular weight is 254 g/mol. The molecule has 0 aliphatic carbocycles. The predicted molar refractivity (Wildman–Crippen MR) is 83.2 cm³/mol. The van der Waals surface area contributed by atoms with Crippen molar-refractivity contribution in [2.45, 2.75) is 26.7 Å². The summed E-state index contributed by atoms with van der Waals surface area (Å²) < 4.78 is 0. The largest absolute Gasteiger partial charge is 0.313 e. The van der Waals surface area contributed by atoms with Crippen molar-refractivity contribution in [3.8, 4) is 0 Å². The van der Waals surface area contributed by atoms with Crippen LogP contribution < -0.4 is 5.32 Å². The Kier molecular flexibility index (Phi) is 5.10. The molecule has 0 saturated carbocycles. The minimum atomic E-state index is 0.973. The minimum absolute atomic E-state index is 0.973. The summed E-state index contributed by atoms with van der Waals surface area (Å²) in [5.74, 6) is 0. The summed E-state index contributed by atoms with van der Waals surface area (Å²) in [5.41, 5.74) is 3.76. The molecule has 19 heavy (non-hydrogen) atoms. The zero-order valence-electron chi connectivity index (χ0n) is 11.8. The van der Waals surface area contributed by atoms with Crippen LogP contribution in [0.5, 0.6) is 0 Å². The Labute approximate surface area is 115 Å². The van der Waals surface area contributed by atoms with Crippen LogP contribution in [-0.4, -0.2) is 18.1 Å². The van der Waals surface area contributed by atoms with Gasteiger partial charge < -0.3 is 5.32 Å². The van der Waals surface area contributed by atoms with E-state index >= 15 is 0 Å². The molecule has 0 radical (unpaired) electrons. The van der Waals surface area contributed by atoms with E-state index in [1.807, 2.05) is 12.3 Å². The van der Waals surface area contributed by atoms with Gasteiger partial charge in [0.1, 0.15) is 0 Å². The molecule has 1 aromatic heterocycles. The van der Waals surface area contributed by atoms with Crippen LogP contribution in [0.3, 0.4) is 0 Å². The van der Waals surface area contributed by atoms with E-state index in [2.05, 4.69) is 54.5 Å². The van der Waals surface area contributed by atoms with Crippen LogP contribution in [-0.2, 0) is 0 Å². The standard InChI is InChI=1S/C17H22N2/c1-3-10-18-13-14(4-2)12-15-9-11-19-17-8-6-5-7-16(15)17/h5-9,11-12,18H,3-4,10,13H2,1-2H3. The van der Waals surface area contributed by atoms with E-state index in [9.17, 15) is 0 Å². The van der Waals surface area contributed by atoms with Gasteiger partial charge in [0.25, 0.3) is 0 Å². The Balaban J connectivity index is 2.27. The number of nitrogens with zero attached hydrogens (tertiary/aromatic N) is 1. The third-order valence-electron chi connectivity index (χ3n) is 3.28. The van der Waals surface area contributed by atoms with Crippen LogP contribution in [0.25, 0.3) is 17.0 Å². The zero-order valence-corrected chi connectivity index (χ0v) is 11.8. The third-order valence-corrected chi connectivity index (χ3v) is 3.28. The quantitative estimate of drug-likeness (QED) is 0.787. The van der Waals surface area contributed by atoms with Gasteiger partial charge >= 0.3 is 0 Å². The van der Waals surface area contributed by atoms with E-state index in [-0.39, 0.29) is 0 Å². The van der Waals surface area contributed by atoms with E-state index in [4.69, 9.17) is 0 Å². The van der Waals surface area contributed by atoms with Gasteiger partial charge in [-0.3, -0.25) is 4.98 Å². The zero-order chi connectivity index (χ0) is 13.5. The first-order chi connectivity index (χ1) is 9.35. The molecule has 1 heterocycles. The number of hydrogen-bond acceptors (Lipinski definition) is 2. The molecule has 2 nitrogen and oxygen atoms in total. The van der Waals surface area contributed by atoms with Gasteiger partial charge in [0.2, 0.25) is 0 Å². The summed E-state index contributed by atoms with van der Waals surface area (Å²) in [6, 6.07) is 10.4. The smallest absolute Gasteiger partial charge is 0.0707 e. The number of rotatable bonds is 6. The van der Waals surface area contributed by atoms with E-state index < -0.39 is 0 Å². The first-order valence-electron chi connectivity index (χ1n) is 7.09. The van der Waals surface area contributed by atoms with Crippen LogP contribution in [0.2, 0.25) is 0 Å². The molecule has 2 rings (SSSR count). The van der Waals surface area contributed by atoms with E-state index in [0.29, 0.717) is 0 Å². The average Bonchev–Trinajstić information content (AvgIpc) is 2.46. The minimum Gasteiger partial charge on any atom is -0.313 e. The van der Waals surface area contributed by atoms with Gasteiger partial charge in [0.05, 0.1) is 5.52 Å². The van der Waals surface area contributed by atoms with Crippen molar-refractivity contribution in [1.82, 2.24) is 10.3 Å². The molecular formula is C17H22N2. The van der Waals surface area contributed by atoms with Gasteiger partial charge in [-0.05, 0) is 37.1 Å². The van der Waals surface area contributed by atoms with Crippen molar-refractivity contribution in [2.24, 2.45) is 0 Å². The molecule has 0 aliphatic rings. The third kappa shape index (κ3) is 3.65. The molecule has 0 atom stereocenters. The summed E-state index contributed by atoms with van der Waals surface area (Å²) in [6.07, 6.45) is 6.44. The van der Waals surface area contributed by atoms with Crippen molar-refractivity contribution in [1.29, 1.82) is 0 Å². The number of benzene rings is 1. The molecule has 100 valence electrons. The summed E-state index contributed by atoms with van der Waals surface area (Å²) >= 11 is 0. The van der Waals surface area contributed by atoms with Crippen molar-refractivity contribution < 1.29 is 0 Å². The molecule has 0 aliphatic heterocycles. The number of nitrogens with one attached hydrogen (secondary N) is 1. The van der Waals surface area contributed by atoms with Crippen LogP contribution in [0, 0.1) is 0 Å². The van der Waals surface area contributed by atoms with Crippen LogP contribution >= 0.6 is 0 Å². The summed E-state index contributed by atoms with van der Waals surface area (Å²) in [6.45, 7) is 6.46. The number of aromatic nitrogens is 1. The number of fused-ring (bicyclic) bond motifs is 1. The lowest BCUT2D eigenvalue weighted by atomic mass is 10.0. The molecule has 0 fully saturated rings. The molecule has 0 unspecified atom stereocenters. The van der Waals surface area contributed by atoms with E-state index in [0.717, 1.165) is 25.0 Å². The maximum Gasteiger partial charge on any atom is 0.0707 e. The highest BCUT2D eigenvalue weighted by molar-refractivity contribution is 5.87. The highest BCUT2D eigenvalue weighted by Gasteiger charge is 2.00. The Hall–Kier alpha value is -1.67. The Bertz CT molecular complexity index is 553. The number of hydrogen-bond donors (Lipinski definition) is 1. The van der Waals surface area contributed by atoms with Crippen molar-refractivity contribution in [3.05, 3.63) is 47.7 Å². The van der Waals surface area contributed by atoms with Gasteiger partial charge in [0.15, 0.2) is 0 Å².